The normalized spacial score (nSPS) is 10.5. The highest BCUT2D eigenvalue weighted by atomic mass is 35.5. The lowest BCUT2D eigenvalue weighted by Crippen LogP contribution is -1.96. The smallest absolute Gasteiger partial charge is 0.240 e. The lowest BCUT2D eigenvalue weighted by Gasteiger charge is -2.08. The summed E-state index contributed by atoms with van der Waals surface area (Å²) in [6.07, 6.45) is 0. The zero-order valence-corrected chi connectivity index (χ0v) is 9.73. The molecule has 7 heteroatoms. The molecule has 0 unspecified atom stereocenters. The molecule has 0 bridgehead atoms. The third-order valence-corrected chi connectivity index (χ3v) is 2.47. The quantitative estimate of drug-likeness (QED) is 0.864. The van der Waals surface area contributed by atoms with Crippen molar-refractivity contribution < 1.29 is 14.4 Å². The molecule has 0 radical (unpaired) electrons. The number of nitrogens with two attached hydrogens (primary N) is 1. The maximum atomic E-state index is 9.65. The number of nitrogens with zero attached hydrogens (tertiary/aromatic N) is 2. The van der Waals surface area contributed by atoms with Crippen molar-refractivity contribution in [3.8, 4) is 22.9 Å². The van der Waals surface area contributed by atoms with E-state index in [0.29, 0.717) is 10.6 Å². The van der Waals surface area contributed by atoms with Crippen LogP contribution in [0.2, 0.25) is 5.02 Å². The number of rotatable bonds is 3. The van der Waals surface area contributed by atoms with Crippen molar-refractivity contribution in [1.82, 2.24) is 10.1 Å². The van der Waals surface area contributed by atoms with Crippen molar-refractivity contribution >= 4 is 11.6 Å². The minimum Gasteiger partial charge on any atom is -0.504 e. The minimum absolute atomic E-state index is 0.0500. The van der Waals surface area contributed by atoms with Crippen LogP contribution in [0.15, 0.2) is 16.7 Å². The van der Waals surface area contributed by atoms with E-state index in [9.17, 15) is 5.11 Å². The third kappa shape index (κ3) is 2.04. The Bertz CT molecular complexity index is 542. The molecule has 0 aliphatic carbocycles. The molecule has 90 valence electrons. The van der Waals surface area contributed by atoms with E-state index in [2.05, 4.69) is 10.1 Å². The fraction of sp³-hybridized carbons (Fsp3) is 0.200. The van der Waals surface area contributed by atoms with Crippen LogP contribution in [0.5, 0.6) is 11.5 Å². The second-order valence-electron chi connectivity index (χ2n) is 3.19. The van der Waals surface area contributed by atoms with Gasteiger partial charge < -0.3 is 20.1 Å². The van der Waals surface area contributed by atoms with Crippen LogP contribution in [0.4, 0.5) is 0 Å². The molecule has 0 amide bonds. The number of hydrogen-bond acceptors (Lipinski definition) is 6. The van der Waals surface area contributed by atoms with Gasteiger partial charge in [0.15, 0.2) is 11.5 Å². The van der Waals surface area contributed by atoms with E-state index in [-0.39, 0.29) is 29.8 Å². The first-order valence-corrected chi connectivity index (χ1v) is 5.13. The van der Waals surface area contributed by atoms with Crippen LogP contribution in [-0.4, -0.2) is 22.4 Å². The van der Waals surface area contributed by atoms with Crippen molar-refractivity contribution in [3.05, 3.63) is 23.0 Å². The van der Waals surface area contributed by atoms with E-state index < -0.39 is 0 Å². The third-order valence-electron chi connectivity index (χ3n) is 2.16. The fourth-order valence-corrected chi connectivity index (χ4v) is 1.64. The number of benzene rings is 1. The van der Waals surface area contributed by atoms with Gasteiger partial charge in [-0.2, -0.15) is 4.98 Å². The van der Waals surface area contributed by atoms with Gasteiger partial charge in [-0.25, -0.2) is 0 Å². The van der Waals surface area contributed by atoms with Gasteiger partial charge in [0.05, 0.1) is 24.2 Å². The van der Waals surface area contributed by atoms with Gasteiger partial charge in [0.2, 0.25) is 11.7 Å². The molecule has 1 heterocycles. The molecule has 0 aliphatic rings. The molecule has 17 heavy (non-hydrogen) atoms. The van der Waals surface area contributed by atoms with Gasteiger partial charge in [-0.3, -0.25) is 0 Å². The lowest BCUT2D eigenvalue weighted by molar-refractivity contribution is 0.371. The molecule has 0 spiro atoms. The fourth-order valence-electron chi connectivity index (χ4n) is 1.40. The van der Waals surface area contributed by atoms with Gasteiger partial charge in [-0.1, -0.05) is 16.8 Å². The van der Waals surface area contributed by atoms with Crippen molar-refractivity contribution in [1.29, 1.82) is 0 Å². The molecule has 0 fully saturated rings. The van der Waals surface area contributed by atoms with Gasteiger partial charge in [0.25, 0.3) is 0 Å². The summed E-state index contributed by atoms with van der Waals surface area (Å²) >= 11 is 6.02. The summed E-state index contributed by atoms with van der Waals surface area (Å²) in [5, 5.41) is 13.7. The molecule has 0 aliphatic heterocycles. The summed E-state index contributed by atoms with van der Waals surface area (Å²) in [5.41, 5.74) is 5.74. The summed E-state index contributed by atoms with van der Waals surface area (Å²) in [7, 11) is 1.42. The predicted octanol–water partition coefficient (Wildman–Crippen LogP) is 1.56. The molecule has 1 aromatic heterocycles. The van der Waals surface area contributed by atoms with Crippen LogP contribution in [0.3, 0.4) is 0 Å². The number of phenols is 1. The van der Waals surface area contributed by atoms with E-state index in [0.717, 1.165) is 0 Å². The molecular weight excluding hydrogens is 246 g/mol. The number of phenolic OH excluding ortho intramolecular Hbond substituents is 1. The van der Waals surface area contributed by atoms with Gasteiger partial charge in [-0.15, -0.1) is 0 Å². The standard InChI is InChI=1S/C10H10ClN3O3/c1-16-9-6(15)3-2-5(11)8(9)10-13-7(4-12)17-14-10/h2-3,15H,4,12H2,1H3. The van der Waals surface area contributed by atoms with Crippen LogP contribution in [0.25, 0.3) is 11.4 Å². The maximum Gasteiger partial charge on any atom is 0.240 e. The maximum absolute atomic E-state index is 9.65. The van der Waals surface area contributed by atoms with Crippen molar-refractivity contribution in [2.24, 2.45) is 5.73 Å². The average molecular weight is 256 g/mol. The average Bonchev–Trinajstić information content (AvgIpc) is 2.80. The zero-order chi connectivity index (χ0) is 12.4. The first-order valence-electron chi connectivity index (χ1n) is 4.75. The monoisotopic (exact) mass is 255 g/mol. The Kier molecular flexibility index (Phi) is 3.16. The van der Waals surface area contributed by atoms with E-state index >= 15 is 0 Å². The van der Waals surface area contributed by atoms with E-state index in [1.54, 1.807) is 0 Å². The molecule has 1 aromatic carbocycles. The Morgan fingerprint density at radius 2 is 2.29 bits per heavy atom. The van der Waals surface area contributed by atoms with E-state index in [1.807, 2.05) is 0 Å². The van der Waals surface area contributed by atoms with Crippen LogP contribution in [0, 0.1) is 0 Å². The Labute approximate surface area is 102 Å². The van der Waals surface area contributed by atoms with E-state index in [4.69, 9.17) is 26.6 Å². The molecule has 0 saturated carbocycles. The van der Waals surface area contributed by atoms with Crippen molar-refractivity contribution in [2.45, 2.75) is 6.54 Å². The molecule has 3 N–H and O–H groups in total. The molecule has 0 saturated heterocycles. The van der Waals surface area contributed by atoms with Crippen molar-refractivity contribution in [2.75, 3.05) is 7.11 Å². The first-order chi connectivity index (χ1) is 8.17. The topological polar surface area (TPSA) is 94.4 Å². The highest BCUT2D eigenvalue weighted by Crippen LogP contribution is 2.40. The van der Waals surface area contributed by atoms with Gasteiger partial charge in [0, 0.05) is 0 Å². The number of methoxy groups -OCH3 is 1. The number of aromatic hydroxyl groups is 1. The summed E-state index contributed by atoms with van der Waals surface area (Å²) in [5.74, 6) is 0.650. The Morgan fingerprint density at radius 3 is 2.88 bits per heavy atom. The summed E-state index contributed by atoms with van der Waals surface area (Å²) < 4.78 is 9.95. The highest BCUT2D eigenvalue weighted by molar-refractivity contribution is 6.33. The molecule has 0 atom stereocenters. The Morgan fingerprint density at radius 1 is 1.53 bits per heavy atom. The van der Waals surface area contributed by atoms with Gasteiger partial charge in [0.1, 0.15) is 0 Å². The second-order valence-corrected chi connectivity index (χ2v) is 3.60. The minimum atomic E-state index is -0.0500. The van der Waals surface area contributed by atoms with E-state index in [1.165, 1.54) is 19.2 Å². The summed E-state index contributed by atoms with van der Waals surface area (Å²) in [6, 6.07) is 2.95. The summed E-state index contributed by atoms with van der Waals surface area (Å²) in [4.78, 5) is 4.03. The molecule has 6 nitrogen and oxygen atoms in total. The molecule has 2 rings (SSSR count). The predicted molar refractivity (Wildman–Crippen MR) is 60.9 cm³/mol. The lowest BCUT2D eigenvalue weighted by atomic mass is 10.1. The number of hydrogen-bond donors (Lipinski definition) is 2. The van der Waals surface area contributed by atoms with Crippen LogP contribution in [0.1, 0.15) is 5.89 Å². The van der Waals surface area contributed by atoms with Gasteiger partial charge >= 0.3 is 0 Å². The van der Waals surface area contributed by atoms with Crippen LogP contribution in [-0.2, 0) is 6.54 Å². The number of ether oxygens (including phenoxy) is 1. The summed E-state index contributed by atoms with van der Waals surface area (Å²) in [6.45, 7) is 0.131. The van der Waals surface area contributed by atoms with Gasteiger partial charge in [-0.05, 0) is 12.1 Å². The van der Waals surface area contributed by atoms with Crippen molar-refractivity contribution in [3.63, 3.8) is 0 Å². The molecule has 2 aromatic rings. The number of halogens is 1. The van der Waals surface area contributed by atoms with Crippen LogP contribution < -0.4 is 10.5 Å². The second kappa shape index (κ2) is 4.60. The largest absolute Gasteiger partial charge is 0.504 e. The number of aromatic nitrogens is 2. The molecular formula is C10H10ClN3O3. The Hall–Kier alpha value is -1.79. The first kappa shape index (κ1) is 11.7. The Balaban J connectivity index is 2.60. The zero-order valence-electron chi connectivity index (χ0n) is 8.98. The SMILES string of the molecule is COc1c(O)ccc(Cl)c1-c1noc(CN)n1. The highest BCUT2D eigenvalue weighted by Gasteiger charge is 2.19. The van der Waals surface area contributed by atoms with Crippen LogP contribution >= 0.6 is 11.6 Å².